The lowest BCUT2D eigenvalue weighted by Crippen LogP contribution is -2.05. The number of hydrogen-bond donors (Lipinski definition) is 2. The quantitative estimate of drug-likeness (QED) is 0.542. The van der Waals surface area contributed by atoms with Crippen LogP contribution in [0.1, 0.15) is 27.0 Å². The number of nitrogens with one attached hydrogen (secondary N) is 1. The Morgan fingerprint density at radius 2 is 1.59 bits per heavy atom. The molecule has 3 aromatic rings. The van der Waals surface area contributed by atoms with Crippen LogP contribution >= 0.6 is 0 Å². The summed E-state index contributed by atoms with van der Waals surface area (Å²) in [6.07, 6.45) is -4.35. The first-order valence-electron chi connectivity index (χ1n) is 8.76. The van der Waals surface area contributed by atoms with Crippen molar-refractivity contribution in [3.8, 4) is 5.75 Å². The first kappa shape index (κ1) is 20.3. The van der Waals surface area contributed by atoms with Gasteiger partial charge >= 0.3 is 12.1 Å². The van der Waals surface area contributed by atoms with E-state index in [4.69, 9.17) is 9.84 Å². The Morgan fingerprint density at radius 1 is 0.931 bits per heavy atom. The summed E-state index contributed by atoms with van der Waals surface area (Å²) < 4.78 is 43.3. The molecule has 0 aliphatic carbocycles. The topological polar surface area (TPSA) is 58.6 Å². The molecule has 0 aliphatic heterocycles. The molecule has 7 heteroatoms. The molecule has 0 unspecified atom stereocenters. The van der Waals surface area contributed by atoms with Gasteiger partial charge in [0.25, 0.3) is 0 Å². The van der Waals surface area contributed by atoms with E-state index in [0.717, 1.165) is 17.7 Å². The predicted molar refractivity (Wildman–Crippen MR) is 103 cm³/mol. The zero-order valence-corrected chi connectivity index (χ0v) is 15.2. The molecule has 150 valence electrons. The number of benzene rings is 3. The van der Waals surface area contributed by atoms with Crippen LogP contribution in [0.2, 0.25) is 0 Å². The van der Waals surface area contributed by atoms with Gasteiger partial charge in [0.1, 0.15) is 12.4 Å². The standard InChI is InChI=1S/C22H18F3NO3/c23-22(24,25)18-8-4-16(5-9-18)14-29-20-10-6-15(7-11-20)13-26-19-3-1-2-17(12-19)21(27)28/h1-12,26H,13-14H2,(H,27,28). The van der Waals surface area contributed by atoms with Gasteiger partial charge in [-0.05, 0) is 53.6 Å². The fourth-order valence-electron chi connectivity index (χ4n) is 2.63. The Hall–Kier alpha value is -3.48. The second-order valence-electron chi connectivity index (χ2n) is 6.37. The van der Waals surface area contributed by atoms with Crippen molar-refractivity contribution in [1.29, 1.82) is 0 Å². The molecule has 0 aliphatic rings. The van der Waals surface area contributed by atoms with Crippen molar-refractivity contribution in [2.45, 2.75) is 19.3 Å². The van der Waals surface area contributed by atoms with Crippen molar-refractivity contribution in [2.75, 3.05) is 5.32 Å². The number of halogens is 3. The van der Waals surface area contributed by atoms with Crippen LogP contribution in [0.15, 0.2) is 72.8 Å². The Labute approximate surface area is 165 Å². The third kappa shape index (κ3) is 5.75. The van der Waals surface area contributed by atoms with E-state index in [1.807, 2.05) is 12.1 Å². The van der Waals surface area contributed by atoms with Crippen molar-refractivity contribution in [1.82, 2.24) is 0 Å². The third-order valence-electron chi connectivity index (χ3n) is 4.22. The van der Waals surface area contributed by atoms with Crippen LogP contribution in [0.5, 0.6) is 5.75 Å². The van der Waals surface area contributed by atoms with E-state index in [9.17, 15) is 18.0 Å². The Kier molecular flexibility index (Phi) is 6.07. The Bertz CT molecular complexity index is 968. The van der Waals surface area contributed by atoms with Gasteiger partial charge in [-0.2, -0.15) is 13.2 Å². The number of carbonyl (C=O) groups is 1. The number of anilines is 1. The summed E-state index contributed by atoms with van der Waals surface area (Å²) in [7, 11) is 0. The number of carboxylic acids is 1. The van der Waals surface area contributed by atoms with E-state index in [-0.39, 0.29) is 12.2 Å². The molecule has 0 saturated carbocycles. The fraction of sp³-hybridized carbons (Fsp3) is 0.136. The van der Waals surface area contributed by atoms with E-state index < -0.39 is 17.7 Å². The first-order valence-corrected chi connectivity index (χ1v) is 8.76. The summed E-state index contributed by atoms with van der Waals surface area (Å²) in [5, 5.41) is 12.2. The molecule has 0 amide bonds. The highest BCUT2D eigenvalue weighted by Gasteiger charge is 2.29. The molecule has 0 bridgehead atoms. The number of alkyl halides is 3. The van der Waals surface area contributed by atoms with Crippen molar-refractivity contribution >= 4 is 11.7 Å². The number of rotatable bonds is 7. The number of ether oxygens (including phenoxy) is 1. The maximum atomic E-state index is 12.6. The molecule has 3 aromatic carbocycles. The molecule has 29 heavy (non-hydrogen) atoms. The van der Waals surface area contributed by atoms with Crippen molar-refractivity contribution < 1.29 is 27.8 Å². The Morgan fingerprint density at radius 3 is 2.21 bits per heavy atom. The number of aromatic carboxylic acids is 1. The van der Waals surface area contributed by atoms with Crippen molar-refractivity contribution in [2.24, 2.45) is 0 Å². The van der Waals surface area contributed by atoms with Crippen LogP contribution in [-0.4, -0.2) is 11.1 Å². The summed E-state index contributed by atoms with van der Waals surface area (Å²) in [5.74, 6) is -0.385. The van der Waals surface area contributed by atoms with Crippen LogP contribution in [0.3, 0.4) is 0 Å². The third-order valence-corrected chi connectivity index (χ3v) is 4.22. The highest BCUT2D eigenvalue weighted by atomic mass is 19.4. The second-order valence-corrected chi connectivity index (χ2v) is 6.37. The highest BCUT2D eigenvalue weighted by Crippen LogP contribution is 2.29. The molecule has 4 nitrogen and oxygen atoms in total. The average Bonchev–Trinajstić information content (AvgIpc) is 2.71. The van der Waals surface area contributed by atoms with E-state index in [2.05, 4.69) is 5.32 Å². The molecule has 0 spiro atoms. The van der Waals surface area contributed by atoms with Gasteiger partial charge < -0.3 is 15.2 Å². The average molecular weight is 401 g/mol. The number of hydrogen-bond acceptors (Lipinski definition) is 3. The molecule has 0 aromatic heterocycles. The zero-order valence-electron chi connectivity index (χ0n) is 15.2. The number of carboxylic acid groups (broad SMARTS) is 1. The second kappa shape index (κ2) is 8.68. The van der Waals surface area contributed by atoms with Gasteiger partial charge in [0.15, 0.2) is 0 Å². The van der Waals surface area contributed by atoms with Crippen LogP contribution < -0.4 is 10.1 Å². The van der Waals surface area contributed by atoms with Gasteiger partial charge in [0.05, 0.1) is 11.1 Å². The SMILES string of the molecule is O=C(O)c1cccc(NCc2ccc(OCc3ccc(C(F)(F)F)cc3)cc2)c1. The largest absolute Gasteiger partial charge is 0.489 e. The van der Waals surface area contributed by atoms with Gasteiger partial charge in [-0.15, -0.1) is 0 Å². The normalized spacial score (nSPS) is 11.1. The summed E-state index contributed by atoms with van der Waals surface area (Å²) in [6, 6.07) is 18.7. The minimum atomic E-state index is -4.35. The minimum absolute atomic E-state index is 0.164. The maximum absolute atomic E-state index is 12.6. The van der Waals surface area contributed by atoms with Crippen molar-refractivity contribution in [3.05, 3.63) is 95.1 Å². The van der Waals surface area contributed by atoms with Gasteiger partial charge in [0.2, 0.25) is 0 Å². The minimum Gasteiger partial charge on any atom is -0.489 e. The maximum Gasteiger partial charge on any atom is 0.416 e. The summed E-state index contributed by atoms with van der Waals surface area (Å²) >= 11 is 0. The summed E-state index contributed by atoms with van der Waals surface area (Å²) in [6.45, 7) is 0.667. The van der Waals surface area contributed by atoms with E-state index in [1.165, 1.54) is 18.2 Å². The Balaban J connectivity index is 1.52. The van der Waals surface area contributed by atoms with Crippen LogP contribution in [-0.2, 0) is 19.3 Å². The monoisotopic (exact) mass is 401 g/mol. The molecule has 0 heterocycles. The fourth-order valence-corrected chi connectivity index (χ4v) is 2.63. The van der Waals surface area contributed by atoms with Crippen LogP contribution in [0, 0.1) is 0 Å². The van der Waals surface area contributed by atoms with Gasteiger partial charge in [-0.25, -0.2) is 4.79 Å². The zero-order chi connectivity index (χ0) is 20.9. The molecule has 0 radical (unpaired) electrons. The molecule has 2 N–H and O–H groups in total. The molecular weight excluding hydrogens is 383 g/mol. The summed E-state index contributed by atoms with van der Waals surface area (Å²) in [5.41, 5.74) is 1.83. The molecule has 3 rings (SSSR count). The van der Waals surface area contributed by atoms with Gasteiger partial charge in [0, 0.05) is 12.2 Å². The smallest absolute Gasteiger partial charge is 0.416 e. The lowest BCUT2D eigenvalue weighted by atomic mass is 10.1. The highest BCUT2D eigenvalue weighted by molar-refractivity contribution is 5.88. The van der Waals surface area contributed by atoms with E-state index in [1.54, 1.807) is 30.3 Å². The van der Waals surface area contributed by atoms with E-state index >= 15 is 0 Å². The molecular formula is C22H18F3NO3. The molecule has 0 fully saturated rings. The molecule has 0 saturated heterocycles. The summed E-state index contributed by atoms with van der Waals surface area (Å²) in [4.78, 5) is 11.0. The van der Waals surface area contributed by atoms with Gasteiger partial charge in [-0.3, -0.25) is 0 Å². The van der Waals surface area contributed by atoms with Crippen LogP contribution in [0.4, 0.5) is 18.9 Å². The predicted octanol–water partition coefficient (Wildman–Crippen LogP) is 5.59. The van der Waals surface area contributed by atoms with Crippen LogP contribution in [0.25, 0.3) is 0 Å². The van der Waals surface area contributed by atoms with Crippen molar-refractivity contribution in [3.63, 3.8) is 0 Å². The van der Waals surface area contributed by atoms with E-state index in [0.29, 0.717) is 23.5 Å². The lowest BCUT2D eigenvalue weighted by Gasteiger charge is -2.10. The molecule has 0 atom stereocenters. The van der Waals surface area contributed by atoms with Gasteiger partial charge in [-0.1, -0.05) is 30.3 Å². The first-order chi connectivity index (χ1) is 13.8. The lowest BCUT2D eigenvalue weighted by molar-refractivity contribution is -0.137.